The van der Waals surface area contributed by atoms with Crippen molar-refractivity contribution in [2.45, 2.75) is 25.2 Å². The average Bonchev–Trinajstić information content (AvgIpc) is 3.35. The molecule has 0 bridgehead atoms. The average molecular weight is 420 g/mol. The molecule has 1 fully saturated rings. The smallest absolute Gasteiger partial charge is 0.272 e. The summed E-state index contributed by atoms with van der Waals surface area (Å²) in [4.78, 5) is 24.2. The monoisotopic (exact) mass is 420 g/mol. The highest BCUT2D eigenvalue weighted by atomic mass is 16.5. The number of amides is 1. The molecule has 8 nitrogen and oxygen atoms in total. The Morgan fingerprint density at radius 2 is 1.84 bits per heavy atom. The van der Waals surface area contributed by atoms with Crippen molar-refractivity contribution >= 4 is 33.5 Å². The summed E-state index contributed by atoms with van der Waals surface area (Å²) in [6, 6.07) is 9.18. The largest absolute Gasteiger partial charge is 0.496 e. The number of aromatic amines is 2. The first-order chi connectivity index (χ1) is 15.1. The fourth-order valence-electron chi connectivity index (χ4n) is 4.04. The van der Waals surface area contributed by atoms with Crippen LogP contribution in [0.25, 0.3) is 21.9 Å². The number of aromatic nitrogens is 3. The minimum Gasteiger partial charge on any atom is -0.496 e. The number of nitrogens with one attached hydrogen (secondary N) is 3. The van der Waals surface area contributed by atoms with Crippen LogP contribution in [0.15, 0.2) is 30.3 Å². The summed E-state index contributed by atoms with van der Waals surface area (Å²) in [6.45, 7) is 0. The zero-order valence-electron chi connectivity index (χ0n) is 17.7. The molecule has 4 aromatic rings. The zero-order chi connectivity index (χ0) is 21.5. The maximum atomic E-state index is 13.0. The maximum absolute atomic E-state index is 13.0. The Labute approximate surface area is 178 Å². The van der Waals surface area contributed by atoms with Crippen LogP contribution in [0.5, 0.6) is 17.2 Å². The van der Waals surface area contributed by atoms with Gasteiger partial charge >= 0.3 is 0 Å². The van der Waals surface area contributed by atoms with E-state index in [0.717, 1.165) is 22.2 Å². The van der Waals surface area contributed by atoms with Crippen LogP contribution in [0, 0.1) is 0 Å². The zero-order valence-corrected chi connectivity index (χ0v) is 17.7. The first kappa shape index (κ1) is 19.3. The molecule has 0 atom stereocenters. The number of hydrogen-bond acceptors (Lipinski definition) is 5. The molecule has 160 valence electrons. The third-order valence-corrected chi connectivity index (χ3v) is 5.93. The number of carbonyl (C=O) groups is 1. The van der Waals surface area contributed by atoms with E-state index in [1.165, 1.54) is 19.3 Å². The predicted octanol–water partition coefficient (Wildman–Crippen LogP) is 4.59. The summed E-state index contributed by atoms with van der Waals surface area (Å²) >= 11 is 0. The van der Waals surface area contributed by atoms with Crippen LogP contribution < -0.4 is 19.5 Å². The Balaban J connectivity index is 1.45. The van der Waals surface area contributed by atoms with E-state index in [4.69, 9.17) is 14.2 Å². The number of imidazole rings is 1. The first-order valence-electron chi connectivity index (χ1n) is 10.2. The Morgan fingerprint density at radius 1 is 1.03 bits per heavy atom. The summed E-state index contributed by atoms with van der Waals surface area (Å²) in [5.74, 6) is 2.92. The van der Waals surface area contributed by atoms with E-state index in [0.29, 0.717) is 40.1 Å². The van der Waals surface area contributed by atoms with E-state index < -0.39 is 0 Å². The molecule has 0 unspecified atom stereocenters. The quantitative estimate of drug-likeness (QED) is 0.424. The van der Waals surface area contributed by atoms with Crippen LogP contribution in [-0.2, 0) is 0 Å². The van der Waals surface area contributed by atoms with E-state index >= 15 is 0 Å². The standard InChI is InChI=1S/C23H24N4O4/c1-29-18-11-19(30-2)21(31-3)20-14(18)10-17(25-20)23(28)24-13-7-8-15-16(9-13)27-22(26-15)12-5-4-6-12/h7-12,25H,4-6H2,1-3H3,(H,24,28)(H,26,27). The molecule has 2 heterocycles. The molecule has 8 heteroatoms. The van der Waals surface area contributed by atoms with E-state index in [2.05, 4.69) is 20.3 Å². The molecule has 0 saturated heterocycles. The molecule has 1 aliphatic carbocycles. The fourth-order valence-corrected chi connectivity index (χ4v) is 4.04. The predicted molar refractivity (Wildman–Crippen MR) is 119 cm³/mol. The molecule has 1 amide bonds. The van der Waals surface area contributed by atoms with Gasteiger partial charge in [-0.25, -0.2) is 4.98 Å². The lowest BCUT2D eigenvalue weighted by molar-refractivity contribution is 0.102. The number of fused-ring (bicyclic) bond motifs is 2. The van der Waals surface area contributed by atoms with Crippen molar-refractivity contribution < 1.29 is 19.0 Å². The number of ether oxygens (including phenoxy) is 3. The molecule has 3 N–H and O–H groups in total. The van der Waals surface area contributed by atoms with Crippen molar-refractivity contribution in [2.75, 3.05) is 26.6 Å². The third-order valence-electron chi connectivity index (χ3n) is 5.93. The number of H-pyrrole nitrogens is 2. The highest BCUT2D eigenvalue weighted by Gasteiger charge is 2.23. The van der Waals surface area contributed by atoms with Crippen molar-refractivity contribution in [3.8, 4) is 17.2 Å². The number of nitrogens with zero attached hydrogens (tertiary/aromatic N) is 1. The van der Waals surface area contributed by atoms with Crippen molar-refractivity contribution in [1.29, 1.82) is 0 Å². The minimum absolute atomic E-state index is 0.266. The molecule has 0 spiro atoms. The Hall–Kier alpha value is -3.68. The van der Waals surface area contributed by atoms with Crippen LogP contribution in [0.1, 0.15) is 41.5 Å². The van der Waals surface area contributed by atoms with Gasteiger partial charge in [-0.2, -0.15) is 0 Å². The van der Waals surface area contributed by atoms with Gasteiger partial charge in [-0.3, -0.25) is 4.79 Å². The first-order valence-corrected chi connectivity index (χ1v) is 10.2. The number of carbonyl (C=O) groups excluding carboxylic acids is 1. The Bertz CT molecular complexity index is 1290. The molecule has 0 aliphatic heterocycles. The second-order valence-electron chi connectivity index (χ2n) is 7.72. The van der Waals surface area contributed by atoms with E-state index in [-0.39, 0.29) is 5.91 Å². The molecule has 2 aromatic heterocycles. The highest BCUT2D eigenvalue weighted by Crippen LogP contribution is 2.41. The number of hydrogen-bond donors (Lipinski definition) is 3. The van der Waals surface area contributed by atoms with Gasteiger partial charge in [-0.05, 0) is 37.1 Å². The summed E-state index contributed by atoms with van der Waals surface area (Å²) in [5, 5.41) is 3.69. The highest BCUT2D eigenvalue weighted by molar-refractivity contribution is 6.08. The Kier molecular flexibility index (Phi) is 4.69. The van der Waals surface area contributed by atoms with E-state index in [9.17, 15) is 4.79 Å². The lowest BCUT2D eigenvalue weighted by atomic mass is 9.85. The van der Waals surface area contributed by atoms with E-state index in [1.807, 2.05) is 18.2 Å². The summed E-state index contributed by atoms with van der Waals surface area (Å²) < 4.78 is 16.3. The topological polar surface area (TPSA) is 101 Å². The SMILES string of the molecule is COc1cc(OC)c2cc(C(=O)Nc3ccc4nc(C5CCC5)[nH]c4c3)[nH]c2c1OC. The normalized spacial score (nSPS) is 13.9. The molecule has 2 aromatic carbocycles. The molecular weight excluding hydrogens is 396 g/mol. The summed E-state index contributed by atoms with van der Waals surface area (Å²) in [7, 11) is 4.69. The molecule has 31 heavy (non-hydrogen) atoms. The summed E-state index contributed by atoms with van der Waals surface area (Å²) in [6.07, 6.45) is 3.62. The molecule has 5 rings (SSSR count). The van der Waals surface area contributed by atoms with Gasteiger partial charge in [-0.15, -0.1) is 0 Å². The number of methoxy groups -OCH3 is 3. The van der Waals surface area contributed by atoms with Crippen molar-refractivity contribution in [1.82, 2.24) is 15.0 Å². The number of benzene rings is 2. The second-order valence-corrected chi connectivity index (χ2v) is 7.72. The van der Waals surface area contributed by atoms with Gasteiger partial charge in [0.2, 0.25) is 0 Å². The number of anilines is 1. The minimum atomic E-state index is -0.266. The van der Waals surface area contributed by atoms with Crippen molar-refractivity contribution in [3.63, 3.8) is 0 Å². The summed E-state index contributed by atoms with van der Waals surface area (Å²) in [5.41, 5.74) is 3.55. The fraction of sp³-hybridized carbons (Fsp3) is 0.304. The van der Waals surface area contributed by atoms with Gasteiger partial charge in [0.05, 0.1) is 37.9 Å². The van der Waals surface area contributed by atoms with Gasteiger partial charge in [0.25, 0.3) is 5.91 Å². The Morgan fingerprint density at radius 3 is 2.52 bits per heavy atom. The molecule has 1 saturated carbocycles. The van der Waals surface area contributed by atoms with Crippen molar-refractivity contribution in [3.05, 3.63) is 41.9 Å². The van der Waals surface area contributed by atoms with Crippen LogP contribution in [0.4, 0.5) is 5.69 Å². The lowest BCUT2D eigenvalue weighted by Crippen LogP contribution is -2.12. The maximum Gasteiger partial charge on any atom is 0.272 e. The molecule has 0 radical (unpaired) electrons. The third kappa shape index (κ3) is 3.24. The lowest BCUT2D eigenvalue weighted by Gasteiger charge is -2.22. The van der Waals surface area contributed by atoms with Crippen LogP contribution in [-0.4, -0.2) is 42.2 Å². The van der Waals surface area contributed by atoms with Gasteiger partial charge in [0.15, 0.2) is 11.5 Å². The number of rotatable bonds is 6. The second kappa shape index (κ2) is 7.54. The van der Waals surface area contributed by atoms with Crippen molar-refractivity contribution in [2.24, 2.45) is 0 Å². The van der Waals surface area contributed by atoms with E-state index in [1.54, 1.807) is 33.5 Å². The van der Waals surface area contributed by atoms with Gasteiger partial charge in [0, 0.05) is 23.1 Å². The van der Waals surface area contributed by atoms with Crippen LogP contribution >= 0.6 is 0 Å². The molecular formula is C23H24N4O4. The van der Waals surface area contributed by atoms with Gasteiger partial charge in [0.1, 0.15) is 17.3 Å². The van der Waals surface area contributed by atoms with Crippen LogP contribution in [0.3, 0.4) is 0 Å². The van der Waals surface area contributed by atoms with Crippen LogP contribution in [0.2, 0.25) is 0 Å². The molecule has 1 aliphatic rings. The van der Waals surface area contributed by atoms with Gasteiger partial charge < -0.3 is 29.5 Å². The van der Waals surface area contributed by atoms with Gasteiger partial charge in [-0.1, -0.05) is 6.42 Å².